The molecule has 0 fully saturated rings. The molecule has 0 saturated heterocycles. The number of hydrogen-bond acceptors (Lipinski definition) is 3. The van der Waals surface area contributed by atoms with Gasteiger partial charge in [-0.1, -0.05) is 11.6 Å². The van der Waals surface area contributed by atoms with Gasteiger partial charge in [0.2, 0.25) is 0 Å². The van der Waals surface area contributed by atoms with Crippen LogP contribution in [0.15, 0.2) is 39.2 Å². The van der Waals surface area contributed by atoms with Crippen LogP contribution in [0.2, 0.25) is 0 Å². The number of hydrogen-bond donors (Lipinski definition) is 1. The van der Waals surface area contributed by atoms with E-state index in [1.54, 1.807) is 0 Å². The predicted octanol–water partition coefficient (Wildman–Crippen LogP) is 4.63. The number of alkyl halides is 2. The van der Waals surface area contributed by atoms with E-state index in [2.05, 4.69) is 4.99 Å². The summed E-state index contributed by atoms with van der Waals surface area (Å²) in [6, 6.07) is 1.52. The van der Waals surface area contributed by atoms with E-state index in [0.717, 1.165) is 17.0 Å². The molecule has 1 heterocycles. The second-order valence-electron chi connectivity index (χ2n) is 5.24. The summed E-state index contributed by atoms with van der Waals surface area (Å²) < 4.78 is 69.0. The molecule has 0 saturated carbocycles. The van der Waals surface area contributed by atoms with Gasteiger partial charge in [-0.05, 0) is 13.0 Å². The molecule has 0 atom stereocenters. The first-order valence-corrected chi connectivity index (χ1v) is 7.91. The first-order valence-electron chi connectivity index (χ1n) is 7.53. The van der Waals surface area contributed by atoms with Crippen LogP contribution >= 0.6 is 11.6 Å². The zero-order valence-corrected chi connectivity index (χ0v) is 14.6. The van der Waals surface area contributed by atoms with Crippen LogP contribution in [0, 0.1) is 17.5 Å². The molecule has 0 radical (unpaired) electrons. The molecule has 0 unspecified atom stereocenters. The van der Waals surface area contributed by atoms with Crippen molar-refractivity contribution in [2.75, 3.05) is 0 Å². The molecule has 4 nitrogen and oxygen atoms in total. The number of halogens is 6. The normalized spacial score (nSPS) is 12.4. The van der Waals surface area contributed by atoms with Crippen molar-refractivity contribution in [1.82, 2.24) is 4.57 Å². The third-order valence-electron chi connectivity index (χ3n) is 3.58. The Balaban J connectivity index is 2.96. The Hall–Kier alpha value is -2.68. The van der Waals surface area contributed by atoms with Crippen LogP contribution < -0.4 is 11.3 Å². The average molecular weight is 406 g/mol. The topological polar surface area (TPSA) is 60.4 Å². The molecule has 0 amide bonds. The maximum absolute atomic E-state index is 14.3. The molecule has 0 aliphatic rings. The lowest BCUT2D eigenvalue weighted by Crippen LogP contribution is -2.25. The molecular formula is C17H13ClF5N3O. The Labute approximate surface area is 155 Å². The van der Waals surface area contributed by atoms with Crippen LogP contribution in [-0.2, 0) is 6.54 Å². The first kappa shape index (κ1) is 20.6. The summed E-state index contributed by atoms with van der Waals surface area (Å²) in [5.74, 6) is -3.82. The predicted molar refractivity (Wildman–Crippen MR) is 92.9 cm³/mol. The molecule has 10 heteroatoms. The minimum atomic E-state index is -3.15. The first-order chi connectivity index (χ1) is 12.7. The quantitative estimate of drug-likeness (QED) is 0.582. The molecule has 0 aliphatic heterocycles. The van der Waals surface area contributed by atoms with Gasteiger partial charge in [0.1, 0.15) is 17.5 Å². The molecule has 0 aliphatic carbocycles. The highest BCUT2D eigenvalue weighted by Crippen LogP contribution is 2.35. The van der Waals surface area contributed by atoms with E-state index in [0.29, 0.717) is 18.2 Å². The van der Waals surface area contributed by atoms with Crippen molar-refractivity contribution in [3.8, 4) is 11.3 Å². The summed E-state index contributed by atoms with van der Waals surface area (Å²) in [5, 5.41) is -0.0890. The second kappa shape index (κ2) is 8.34. The van der Waals surface area contributed by atoms with E-state index >= 15 is 0 Å². The van der Waals surface area contributed by atoms with Crippen molar-refractivity contribution < 1.29 is 22.0 Å². The van der Waals surface area contributed by atoms with E-state index in [4.69, 9.17) is 17.3 Å². The smallest absolute Gasteiger partial charge is 0.269 e. The van der Waals surface area contributed by atoms with Crippen LogP contribution in [0.5, 0.6) is 0 Å². The lowest BCUT2D eigenvalue weighted by molar-refractivity contribution is 0.149. The zero-order valence-electron chi connectivity index (χ0n) is 13.8. The number of nitrogens with two attached hydrogens (primary N) is 1. The fraction of sp³-hybridized carbons (Fsp3) is 0.176. The lowest BCUT2D eigenvalue weighted by atomic mass is 10.1. The molecule has 1 aromatic heterocycles. The van der Waals surface area contributed by atoms with Crippen LogP contribution in [0.1, 0.15) is 18.9 Å². The van der Waals surface area contributed by atoms with Crippen LogP contribution in [0.3, 0.4) is 0 Å². The van der Waals surface area contributed by atoms with Gasteiger partial charge in [-0.3, -0.25) is 9.79 Å². The van der Waals surface area contributed by atoms with Gasteiger partial charge in [-0.2, -0.15) is 0 Å². The van der Waals surface area contributed by atoms with Gasteiger partial charge in [0.15, 0.2) is 0 Å². The van der Waals surface area contributed by atoms with Gasteiger partial charge >= 0.3 is 0 Å². The van der Waals surface area contributed by atoms with Crippen molar-refractivity contribution in [1.29, 1.82) is 0 Å². The number of aromatic nitrogens is 1. The van der Waals surface area contributed by atoms with Gasteiger partial charge in [0.05, 0.1) is 27.5 Å². The molecule has 1 aromatic carbocycles. The van der Waals surface area contributed by atoms with Gasteiger partial charge in [0.25, 0.3) is 12.0 Å². The van der Waals surface area contributed by atoms with Crippen LogP contribution in [0.4, 0.5) is 27.6 Å². The fourth-order valence-corrected chi connectivity index (χ4v) is 2.48. The van der Waals surface area contributed by atoms with Crippen molar-refractivity contribution >= 4 is 23.5 Å². The molecule has 144 valence electrons. The van der Waals surface area contributed by atoms with Crippen molar-refractivity contribution in [2.45, 2.75) is 19.9 Å². The Morgan fingerprint density at radius 1 is 1.26 bits per heavy atom. The standard InChI is InChI=1S/C17H13ClF5N3O/c1-2-26-15(14-11(20)3-9(19)4-12(14)21)13(25-7-8(18)6-24)5-10(16(22)23)17(26)27/h3-7,16H,2,24H2,1H3. The average Bonchev–Trinajstić information content (AvgIpc) is 2.59. The van der Waals surface area contributed by atoms with Crippen molar-refractivity contribution in [2.24, 2.45) is 10.7 Å². The summed E-state index contributed by atoms with van der Waals surface area (Å²) in [5.41, 5.74) is 1.55. The minimum absolute atomic E-state index is 0.0890. The highest BCUT2D eigenvalue weighted by atomic mass is 35.5. The highest BCUT2D eigenvalue weighted by molar-refractivity contribution is 6.39. The summed E-state index contributed by atoms with van der Waals surface area (Å²) in [6.45, 7) is 1.22. The summed E-state index contributed by atoms with van der Waals surface area (Å²) in [4.78, 5) is 16.2. The number of nitrogens with zero attached hydrogens (tertiary/aromatic N) is 2. The molecule has 0 spiro atoms. The van der Waals surface area contributed by atoms with E-state index in [1.165, 1.54) is 6.92 Å². The van der Waals surface area contributed by atoms with Crippen LogP contribution in [0.25, 0.3) is 11.3 Å². The third-order valence-corrected chi connectivity index (χ3v) is 3.80. The number of pyridine rings is 1. The van der Waals surface area contributed by atoms with Gasteiger partial charge < -0.3 is 10.3 Å². The Morgan fingerprint density at radius 2 is 1.85 bits per heavy atom. The molecule has 27 heavy (non-hydrogen) atoms. The maximum Gasteiger partial charge on any atom is 0.269 e. The van der Waals surface area contributed by atoms with Gasteiger partial charge in [-0.15, -0.1) is 0 Å². The van der Waals surface area contributed by atoms with Crippen molar-refractivity contribution in [3.05, 3.63) is 62.8 Å². The highest BCUT2D eigenvalue weighted by Gasteiger charge is 2.25. The number of benzene rings is 1. The van der Waals surface area contributed by atoms with E-state index in [-0.39, 0.29) is 17.3 Å². The number of rotatable bonds is 5. The van der Waals surface area contributed by atoms with Gasteiger partial charge in [0, 0.05) is 31.1 Å². The monoisotopic (exact) mass is 405 g/mol. The van der Waals surface area contributed by atoms with E-state index in [1.807, 2.05) is 0 Å². The largest absolute Gasteiger partial charge is 0.403 e. The molecule has 2 aromatic rings. The Morgan fingerprint density at radius 3 is 2.33 bits per heavy atom. The van der Waals surface area contributed by atoms with E-state index in [9.17, 15) is 26.7 Å². The Kier molecular flexibility index (Phi) is 6.37. The van der Waals surface area contributed by atoms with Gasteiger partial charge in [-0.25, -0.2) is 22.0 Å². The SMILES string of the molecule is CCn1c(-c2c(F)cc(F)cc2F)c(N=CC(Cl)=CN)cc(C(F)F)c1=O. The van der Waals surface area contributed by atoms with Crippen molar-refractivity contribution in [3.63, 3.8) is 0 Å². The van der Waals surface area contributed by atoms with E-state index < -0.39 is 46.3 Å². The molecule has 0 bridgehead atoms. The lowest BCUT2D eigenvalue weighted by Gasteiger charge is -2.17. The Bertz CT molecular complexity index is 962. The summed E-state index contributed by atoms with van der Waals surface area (Å²) in [6.07, 6.45) is -1.24. The molecule has 2 N–H and O–H groups in total. The summed E-state index contributed by atoms with van der Waals surface area (Å²) >= 11 is 5.68. The minimum Gasteiger partial charge on any atom is -0.403 e. The second-order valence-corrected chi connectivity index (χ2v) is 5.67. The number of aliphatic imine (C=N–C) groups is 1. The summed E-state index contributed by atoms with van der Waals surface area (Å²) in [7, 11) is 0. The number of allylic oxidation sites excluding steroid dienone is 1. The fourth-order valence-electron chi connectivity index (χ4n) is 2.44. The molecular weight excluding hydrogens is 393 g/mol. The maximum atomic E-state index is 14.3. The van der Waals surface area contributed by atoms with Crippen LogP contribution in [-0.4, -0.2) is 10.8 Å². The molecule has 2 rings (SSSR count). The third kappa shape index (κ3) is 4.19. The zero-order chi connectivity index (χ0) is 20.3.